The third kappa shape index (κ3) is 4.43. The number of nitrogens with one attached hydrogen (secondary N) is 1. The SMILES string of the molecule is COC[C@@H](N[C@H](c1ccccc1)C(C)C)C(C)C. The normalized spacial score (nSPS) is 15.1. The van der Waals surface area contributed by atoms with Gasteiger partial charge in [0.1, 0.15) is 0 Å². The number of hydrogen-bond donors (Lipinski definition) is 1. The van der Waals surface area contributed by atoms with Gasteiger partial charge in [-0.1, -0.05) is 58.0 Å². The summed E-state index contributed by atoms with van der Waals surface area (Å²) in [6.45, 7) is 9.75. The zero-order valence-electron chi connectivity index (χ0n) is 12.3. The molecule has 0 heterocycles. The fraction of sp³-hybridized carbons (Fsp3) is 0.625. The molecule has 0 amide bonds. The Hall–Kier alpha value is -0.860. The summed E-state index contributed by atoms with van der Waals surface area (Å²) in [7, 11) is 1.77. The first-order valence-electron chi connectivity index (χ1n) is 6.86. The average molecular weight is 249 g/mol. The van der Waals surface area contributed by atoms with Crippen LogP contribution in [-0.4, -0.2) is 19.8 Å². The third-order valence-electron chi connectivity index (χ3n) is 3.37. The molecule has 0 spiro atoms. The molecule has 0 unspecified atom stereocenters. The Morgan fingerprint density at radius 3 is 2.06 bits per heavy atom. The van der Waals surface area contributed by atoms with Crippen molar-refractivity contribution in [1.29, 1.82) is 0 Å². The fourth-order valence-electron chi connectivity index (χ4n) is 2.18. The summed E-state index contributed by atoms with van der Waals surface area (Å²) >= 11 is 0. The van der Waals surface area contributed by atoms with Gasteiger partial charge in [0.25, 0.3) is 0 Å². The molecule has 1 aromatic carbocycles. The van der Waals surface area contributed by atoms with Crippen molar-refractivity contribution < 1.29 is 4.74 Å². The minimum absolute atomic E-state index is 0.383. The van der Waals surface area contributed by atoms with Crippen LogP contribution in [0.4, 0.5) is 0 Å². The van der Waals surface area contributed by atoms with E-state index in [2.05, 4.69) is 63.3 Å². The van der Waals surface area contributed by atoms with Crippen molar-refractivity contribution in [2.45, 2.75) is 39.8 Å². The molecule has 0 radical (unpaired) electrons. The largest absolute Gasteiger partial charge is 0.383 e. The number of benzene rings is 1. The predicted octanol–water partition coefficient (Wildman–Crippen LogP) is 3.64. The molecular weight excluding hydrogens is 222 g/mol. The Kier molecular flexibility index (Phi) is 6.37. The molecule has 1 N–H and O–H groups in total. The van der Waals surface area contributed by atoms with Crippen molar-refractivity contribution in [3.63, 3.8) is 0 Å². The molecule has 18 heavy (non-hydrogen) atoms. The summed E-state index contributed by atoms with van der Waals surface area (Å²) in [6.07, 6.45) is 0. The van der Waals surface area contributed by atoms with Gasteiger partial charge in [-0.2, -0.15) is 0 Å². The van der Waals surface area contributed by atoms with Crippen LogP contribution in [0.15, 0.2) is 30.3 Å². The Morgan fingerprint density at radius 1 is 1.00 bits per heavy atom. The maximum Gasteiger partial charge on any atom is 0.0618 e. The zero-order chi connectivity index (χ0) is 13.5. The molecule has 2 atom stereocenters. The van der Waals surface area contributed by atoms with E-state index in [4.69, 9.17) is 4.74 Å². The summed E-state index contributed by atoms with van der Waals surface area (Å²) < 4.78 is 5.32. The second-order valence-electron chi connectivity index (χ2n) is 5.60. The van der Waals surface area contributed by atoms with Crippen LogP contribution in [0.25, 0.3) is 0 Å². The molecule has 2 nitrogen and oxygen atoms in total. The lowest BCUT2D eigenvalue weighted by atomic mass is 9.93. The molecule has 2 heteroatoms. The van der Waals surface area contributed by atoms with Gasteiger partial charge in [0, 0.05) is 19.2 Å². The van der Waals surface area contributed by atoms with Crippen molar-refractivity contribution in [2.75, 3.05) is 13.7 Å². The van der Waals surface area contributed by atoms with Gasteiger partial charge in [-0.25, -0.2) is 0 Å². The number of hydrogen-bond acceptors (Lipinski definition) is 2. The Balaban J connectivity index is 2.80. The molecule has 0 saturated carbocycles. The van der Waals surface area contributed by atoms with Gasteiger partial charge in [0.2, 0.25) is 0 Å². The highest BCUT2D eigenvalue weighted by Gasteiger charge is 2.21. The maximum atomic E-state index is 5.32. The minimum Gasteiger partial charge on any atom is -0.383 e. The molecule has 0 saturated heterocycles. The van der Waals surface area contributed by atoms with E-state index in [1.807, 2.05) is 0 Å². The van der Waals surface area contributed by atoms with Crippen LogP contribution in [-0.2, 0) is 4.74 Å². The lowest BCUT2D eigenvalue weighted by Gasteiger charge is -2.30. The van der Waals surface area contributed by atoms with Crippen molar-refractivity contribution >= 4 is 0 Å². The topological polar surface area (TPSA) is 21.3 Å². The van der Waals surface area contributed by atoms with Crippen molar-refractivity contribution in [2.24, 2.45) is 11.8 Å². The van der Waals surface area contributed by atoms with E-state index in [0.29, 0.717) is 23.9 Å². The van der Waals surface area contributed by atoms with Crippen LogP contribution >= 0.6 is 0 Å². The first-order chi connectivity index (χ1) is 8.56. The summed E-state index contributed by atoms with van der Waals surface area (Å²) in [5, 5.41) is 3.75. The van der Waals surface area contributed by atoms with E-state index >= 15 is 0 Å². The Bertz CT molecular complexity index is 321. The van der Waals surface area contributed by atoms with Gasteiger partial charge in [0.15, 0.2) is 0 Å². The molecule has 1 aromatic rings. The quantitative estimate of drug-likeness (QED) is 0.796. The number of ether oxygens (including phenoxy) is 1. The lowest BCUT2D eigenvalue weighted by molar-refractivity contribution is 0.135. The van der Waals surface area contributed by atoms with E-state index in [1.54, 1.807) is 7.11 Å². The summed E-state index contributed by atoms with van der Waals surface area (Å²) in [4.78, 5) is 0. The molecule has 0 fully saturated rings. The maximum absolute atomic E-state index is 5.32. The fourth-order valence-corrected chi connectivity index (χ4v) is 2.18. The molecule has 0 bridgehead atoms. The molecule has 0 aliphatic heterocycles. The molecule has 1 rings (SSSR count). The van der Waals surface area contributed by atoms with Crippen molar-refractivity contribution in [3.05, 3.63) is 35.9 Å². The molecule has 0 aliphatic carbocycles. The molecule has 0 aliphatic rings. The van der Waals surface area contributed by atoms with E-state index in [0.717, 1.165) is 6.61 Å². The Morgan fingerprint density at radius 2 is 1.61 bits per heavy atom. The lowest BCUT2D eigenvalue weighted by Crippen LogP contribution is -2.41. The van der Waals surface area contributed by atoms with Gasteiger partial charge < -0.3 is 10.1 Å². The van der Waals surface area contributed by atoms with Gasteiger partial charge in [0.05, 0.1) is 6.61 Å². The van der Waals surface area contributed by atoms with Crippen LogP contribution < -0.4 is 5.32 Å². The van der Waals surface area contributed by atoms with Crippen molar-refractivity contribution in [1.82, 2.24) is 5.32 Å². The smallest absolute Gasteiger partial charge is 0.0618 e. The van der Waals surface area contributed by atoms with Crippen LogP contribution in [0, 0.1) is 11.8 Å². The highest BCUT2D eigenvalue weighted by Crippen LogP contribution is 2.23. The second kappa shape index (κ2) is 7.55. The van der Waals surface area contributed by atoms with Crippen molar-refractivity contribution in [3.8, 4) is 0 Å². The van der Waals surface area contributed by atoms with Crippen LogP contribution in [0.1, 0.15) is 39.3 Å². The monoisotopic (exact) mass is 249 g/mol. The number of rotatable bonds is 7. The van der Waals surface area contributed by atoms with Gasteiger partial charge >= 0.3 is 0 Å². The highest BCUT2D eigenvalue weighted by atomic mass is 16.5. The first kappa shape index (κ1) is 15.2. The van der Waals surface area contributed by atoms with E-state index in [-0.39, 0.29) is 0 Å². The van der Waals surface area contributed by atoms with Crippen LogP contribution in [0.3, 0.4) is 0 Å². The summed E-state index contributed by atoms with van der Waals surface area (Å²) in [6, 6.07) is 11.4. The standard InChI is InChI=1S/C16H27NO/c1-12(2)15(11-18-5)17-16(13(3)4)14-9-7-6-8-10-14/h6-10,12-13,15-17H,11H2,1-5H3/t15-,16+/m1/s1. The van der Waals surface area contributed by atoms with E-state index in [1.165, 1.54) is 5.56 Å². The first-order valence-corrected chi connectivity index (χ1v) is 6.86. The van der Waals surface area contributed by atoms with E-state index < -0.39 is 0 Å². The predicted molar refractivity (Wildman–Crippen MR) is 77.7 cm³/mol. The zero-order valence-corrected chi connectivity index (χ0v) is 12.3. The minimum atomic E-state index is 0.383. The summed E-state index contributed by atoms with van der Waals surface area (Å²) in [5.41, 5.74) is 1.36. The molecular formula is C16H27NO. The van der Waals surface area contributed by atoms with Gasteiger partial charge in [-0.05, 0) is 17.4 Å². The van der Waals surface area contributed by atoms with Gasteiger partial charge in [-0.15, -0.1) is 0 Å². The van der Waals surface area contributed by atoms with Crippen LogP contribution in [0.2, 0.25) is 0 Å². The molecule has 102 valence electrons. The van der Waals surface area contributed by atoms with E-state index in [9.17, 15) is 0 Å². The Labute approximate surface area is 112 Å². The average Bonchev–Trinajstić information content (AvgIpc) is 2.34. The second-order valence-corrected chi connectivity index (χ2v) is 5.60. The van der Waals surface area contributed by atoms with Gasteiger partial charge in [-0.3, -0.25) is 0 Å². The molecule has 0 aromatic heterocycles. The third-order valence-corrected chi connectivity index (χ3v) is 3.37. The summed E-state index contributed by atoms with van der Waals surface area (Å²) in [5.74, 6) is 1.13. The van der Waals surface area contributed by atoms with Crippen LogP contribution in [0.5, 0.6) is 0 Å². The number of methoxy groups -OCH3 is 1. The highest BCUT2D eigenvalue weighted by molar-refractivity contribution is 5.19.